The minimum Gasteiger partial charge on any atom is -0.324 e. The zero-order valence-electron chi connectivity index (χ0n) is 9.45. The summed E-state index contributed by atoms with van der Waals surface area (Å²) in [5.74, 6) is -0.260. The minimum absolute atomic E-state index is 0.260. The van der Waals surface area contributed by atoms with Crippen molar-refractivity contribution in [3.05, 3.63) is 29.3 Å². The molecule has 0 aliphatic heterocycles. The molecule has 4 heteroatoms. The molecule has 0 heterocycles. The van der Waals surface area contributed by atoms with Crippen LogP contribution in [0, 0.1) is 18.3 Å². The molecular formula is C12H15N3O. The first-order chi connectivity index (χ1) is 7.60. The minimum atomic E-state index is -0.535. The molecule has 0 aromatic heterocycles. The van der Waals surface area contributed by atoms with Crippen molar-refractivity contribution < 1.29 is 4.79 Å². The van der Waals surface area contributed by atoms with E-state index in [0.29, 0.717) is 17.7 Å². The van der Waals surface area contributed by atoms with Gasteiger partial charge in [0.25, 0.3) is 0 Å². The smallest absolute Gasteiger partial charge is 0.241 e. The number of aryl methyl sites for hydroxylation is 1. The average molecular weight is 217 g/mol. The summed E-state index contributed by atoms with van der Waals surface area (Å²) < 4.78 is 0. The van der Waals surface area contributed by atoms with E-state index < -0.39 is 6.04 Å². The molecule has 1 amide bonds. The number of nitrogens with one attached hydrogen (secondary N) is 1. The van der Waals surface area contributed by atoms with E-state index >= 15 is 0 Å². The van der Waals surface area contributed by atoms with Crippen LogP contribution in [-0.2, 0) is 4.79 Å². The van der Waals surface area contributed by atoms with Crippen molar-refractivity contribution in [3.63, 3.8) is 0 Å². The van der Waals surface area contributed by atoms with Gasteiger partial charge < -0.3 is 11.1 Å². The molecule has 84 valence electrons. The Morgan fingerprint density at radius 3 is 2.88 bits per heavy atom. The molecule has 1 aromatic carbocycles. The van der Waals surface area contributed by atoms with Gasteiger partial charge in [-0.25, -0.2) is 0 Å². The lowest BCUT2D eigenvalue weighted by molar-refractivity contribution is -0.117. The molecule has 0 unspecified atom stereocenters. The lowest BCUT2D eigenvalue weighted by Crippen LogP contribution is -2.35. The van der Waals surface area contributed by atoms with Gasteiger partial charge in [-0.3, -0.25) is 4.79 Å². The fourth-order valence-corrected chi connectivity index (χ4v) is 1.33. The van der Waals surface area contributed by atoms with Gasteiger partial charge in [-0.15, -0.1) is 0 Å². The van der Waals surface area contributed by atoms with Gasteiger partial charge in [0.1, 0.15) is 6.07 Å². The van der Waals surface area contributed by atoms with E-state index in [1.54, 1.807) is 12.1 Å². The largest absolute Gasteiger partial charge is 0.324 e. The fourth-order valence-electron chi connectivity index (χ4n) is 1.33. The van der Waals surface area contributed by atoms with E-state index in [1.165, 1.54) is 0 Å². The van der Waals surface area contributed by atoms with Crippen molar-refractivity contribution in [2.45, 2.75) is 26.3 Å². The molecule has 1 aromatic rings. The third-order valence-electron chi connectivity index (χ3n) is 2.42. The van der Waals surface area contributed by atoms with Gasteiger partial charge in [-0.1, -0.05) is 19.1 Å². The Morgan fingerprint density at radius 1 is 1.62 bits per heavy atom. The van der Waals surface area contributed by atoms with Gasteiger partial charge in [-0.2, -0.15) is 5.26 Å². The van der Waals surface area contributed by atoms with Crippen LogP contribution in [0.3, 0.4) is 0 Å². The number of amides is 1. The standard InChI is InChI=1S/C12H15N3O/c1-3-10(14)12(16)15-11-6-4-5-8(2)9(11)7-13/h4-6,10H,3,14H2,1-2H3,(H,15,16)/t10-/m0/s1. The third kappa shape index (κ3) is 2.59. The number of benzene rings is 1. The second-order valence-electron chi connectivity index (χ2n) is 3.61. The number of nitrogens with two attached hydrogens (primary N) is 1. The van der Waals surface area contributed by atoms with Gasteiger partial charge in [-0.05, 0) is 25.0 Å². The zero-order valence-corrected chi connectivity index (χ0v) is 9.45. The van der Waals surface area contributed by atoms with Crippen molar-refractivity contribution in [1.29, 1.82) is 5.26 Å². The predicted octanol–water partition coefficient (Wildman–Crippen LogP) is 1.54. The van der Waals surface area contributed by atoms with Crippen LogP contribution < -0.4 is 11.1 Å². The quantitative estimate of drug-likeness (QED) is 0.806. The van der Waals surface area contributed by atoms with Crippen molar-refractivity contribution in [3.8, 4) is 6.07 Å². The van der Waals surface area contributed by atoms with E-state index in [9.17, 15) is 4.79 Å². The summed E-state index contributed by atoms with van der Waals surface area (Å²) in [6.07, 6.45) is 0.569. The molecule has 4 nitrogen and oxygen atoms in total. The lowest BCUT2D eigenvalue weighted by atomic mass is 10.1. The lowest BCUT2D eigenvalue weighted by Gasteiger charge is -2.12. The zero-order chi connectivity index (χ0) is 12.1. The monoisotopic (exact) mass is 217 g/mol. The van der Waals surface area contributed by atoms with E-state index in [4.69, 9.17) is 11.0 Å². The highest BCUT2D eigenvalue weighted by molar-refractivity contribution is 5.95. The van der Waals surface area contributed by atoms with Crippen LogP contribution in [0.4, 0.5) is 5.69 Å². The molecule has 1 rings (SSSR count). The molecule has 0 spiro atoms. The normalized spacial score (nSPS) is 11.6. The summed E-state index contributed by atoms with van der Waals surface area (Å²) in [4.78, 5) is 11.6. The number of carbonyl (C=O) groups is 1. The van der Waals surface area contributed by atoms with Gasteiger partial charge >= 0.3 is 0 Å². The summed E-state index contributed by atoms with van der Waals surface area (Å²) in [5, 5.41) is 11.6. The molecule has 0 radical (unpaired) electrons. The van der Waals surface area contributed by atoms with Gasteiger partial charge in [0, 0.05) is 0 Å². The first kappa shape index (κ1) is 12.2. The summed E-state index contributed by atoms with van der Waals surface area (Å²) in [6.45, 7) is 3.67. The molecule has 0 fully saturated rings. The second-order valence-corrected chi connectivity index (χ2v) is 3.61. The number of hydrogen-bond acceptors (Lipinski definition) is 3. The van der Waals surface area contributed by atoms with Crippen molar-refractivity contribution in [2.75, 3.05) is 5.32 Å². The number of hydrogen-bond donors (Lipinski definition) is 2. The van der Waals surface area contributed by atoms with Crippen LogP contribution in [0.1, 0.15) is 24.5 Å². The molecule has 0 bridgehead atoms. The maximum atomic E-state index is 11.6. The Bertz CT molecular complexity index is 434. The summed E-state index contributed by atoms with van der Waals surface area (Å²) in [5.41, 5.74) is 7.45. The molecule has 1 atom stereocenters. The van der Waals surface area contributed by atoms with Gasteiger partial charge in [0.05, 0.1) is 17.3 Å². The maximum Gasteiger partial charge on any atom is 0.241 e. The number of rotatable bonds is 3. The van der Waals surface area contributed by atoms with E-state index in [0.717, 1.165) is 5.56 Å². The van der Waals surface area contributed by atoms with Crippen LogP contribution in [0.2, 0.25) is 0 Å². The van der Waals surface area contributed by atoms with E-state index in [1.807, 2.05) is 19.9 Å². The van der Waals surface area contributed by atoms with Crippen molar-refractivity contribution >= 4 is 11.6 Å². The number of carbonyl (C=O) groups excluding carboxylic acids is 1. The van der Waals surface area contributed by atoms with Crippen molar-refractivity contribution in [1.82, 2.24) is 0 Å². The predicted molar refractivity (Wildman–Crippen MR) is 62.8 cm³/mol. The molecule has 0 saturated heterocycles. The van der Waals surface area contributed by atoms with Crippen LogP contribution in [0.25, 0.3) is 0 Å². The Labute approximate surface area is 95.1 Å². The summed E-state index contributed by atoms with van der Waals surface area (Å²) >= 11 is 0. The molecule has 3 N–H and O–H groups in total. The third-order valence-corrected chi connectivity index (χ3v) is 2.42. The van der Waals surface area contributed by atoms with Crippen LogP contribution >= 0.6 is 0 Å². The van der Waals surface area contributed by atoms with Gasteiger partial charge in [0.15, 0.2) is 0 Å². The topological polar surface area (TPSA) is 78.9 Å². The summed E-state index contributed by atoms with van der Waals surface area (Å²) in [6, 6.07) is 6.86. The Hall–Kier alpha value is -1.86. The van der Waals surface area contributed by atoms with Crippen LogP contribution in [0.15, 0.2) is 18.2 Å². The molecular weight excluding hydrogens is 202 g/mol. The molecule has 16 heavy (non-hydrogen) atoms. The van der Waals surface area contributed by atoms with Crippen LogP contribution in [0.5, 0.6) is 0 Å². The van der Waals surface area contributed by atoms with Crippen LogP contribution in [-0.4, -0.2) is 11.9 Å². The Morgan fingerprint density at radius 2 is 2.31 bits per heavy atom. The number of nitrogens with zero attached hydrogens (tertiary/aromatic N) is 1. The van der Waals surface area contributed by atoms with E-state index in [2.05, 4.69) is 11.4 Å². The first-order valence-electron chi connectivity index (χ1n) is 5.16. The molecule has 0 saturated carbocycles. The van der Waals surface area contributed by atoms with E-state index in [-0.39, 0.29) is 5.91 Å². The molecule has 0 aliphatic carbocycles. The number of anilines is 1. The first-order valence-corrected chi connectivity index (χ1v) is 5.16. The summed E-state index contributed by atoms with van der Waals surface area (Å²) in [7, 11) is 0. The highest BCUT2D eigenvalue weighted by Crippen LogP contribution is 2.18. The maximum absolute atomic E-state index is 11.6. The Kier molecular flexibility index (Phi) is 4.03. The van der Waals surface area contributed by atoms with Gasteiger partial charge in [0.2, 0.25) is 5.91 Å². The SMILES string of the molecule is CC[C@H](N)C(=O)Nc1cccc(C)c1C#N. The fraction of sp³-hybridized carbons (Fsp3) is 0.333. The second kappa shape index (κ2) is 5.29. The highest BCUT2D eigenvalue weighted by Gasteiger charge is 2.13. The van der Waals surface area contributed by atoms with Crippen molar-refractivity contribution in [2.24, 2.45) is 5.73 Å². The highest BCUT2D eigenvalue weighted by atomic mass is 16.2. The Balaban J connectivity index is 2.94. The number of nitriles is 1. The average Bonchev–Trinajstić information content (AvgIpc) is 2.28. The molecule has 0 aliphatic rings.